The van der Waals surface area contributed by atoms with E-state index in [2.05, 4.69) is 16.4 Å². The number of pyridine rings is 1. The number of benzene rings is 1. The highest BCUT2D eigenvalue weighted by molar-refractivity contribution is 5.98. The lowest BCUT2D eigenvalue weighted by atomic mass is 9.93. The number of ether oxygens (including phenoxy) is 1. The summed E-state index contributed by atoms with van der Waals surface area (Å²) in [5.74, 6) is 1.78. The number of carbonyl (C=O) groups is 1. The third kappa shape index (κ3) is 3.97. The number of allylic oxidation sites excluding steroid dienone is 1. The molecule has 0 saturated heterocycles. The van der Waals surface area contributed by atoms with Crippen LogP contribution in [-0.4, -0.2) is 17.5 Å². The van der Waals surface area contributed by atoms with Crippen molar-refractivity contribution in [3.63, 3.8) is 0 Å². The predicted octanol–water partition coefficient (Wildman–Crippen LogP) is 5.13. The topological polar surface area (TPSA) is 64.4 Å². The highest BCUT2D eigenvalue weighted by Crippen LogP contribution is 2.41. The van der Waals surface area contributed by atoms with Crippen LogP contribution in [0.25, 0.3) is 16.5 Å². The molecule has 0 aliphatic heterocycles. The van der Waals surface area contributed by atoms with Crippen molar-refractivity contribution < 1.29 is 13.9 Å². The van der Waals surface area contributed by atoms with Crippen LogP contribution in [0.1, 0.15) is 54.7 Å². The number of hydrogen-bond acceptors (Lipinski definition) is 4. The van der Waals surface area contributed by atoms with E-state index in [1.54, 1.807) is 18.5 Å². The summed E-state index contributed by atoms with van der Waals surface area (Å²) < 4.78 is 12.2. The van der Waals surface area contributed by atoms with Gasteiger partial charge in [-0.25, -0.2) is 0 Å². The first kappa shape index (κ1) is 20.2. The van der Waals surface area contributed by atoms with Crippen LogP contribution in [0.5, 0.6) is 5.75 Å². The average molecular weight is 405 g/mol. The van der Waals surface area contributed by atoms with E-state index in [4.69, 9.17) is 9.15 Å². The van der Waals surface area contributed by atoms with E-state index in [0.29, 0.717) is 13.2 Å². The van der Waals surface area contributed by atoms with Crippen LogP contribution in [0, 0.1) is 6.92 Å². The van der Waals surface area contributed by atoms with Gasteiger partial charge in [0.05, 0.1) is 6.61 Å². The molecule has 1 N–H and O–H groups in total. The summed E-state index contributed by atoms with van der Waals surface area (Å²) in [5, 5.41) is 4.10. The number of amides is 1. The first-order chi connectivity index (χ1) is 14.6. The summed E-state index contributed by atoms with van der Waals surface area (Å²) in [4.78, 5) is 16.5. The maximum atomic E-state index is 12.5. The zero-order valence-corrected chi connectivity index (χ0v) is 17.9. The van der Waals surface area contributed by atoms with Crippen molar-refractivity contribution in [1.82, 2.24) is 10.3 Å². The number of hydrogen-bond donors (Lipinski definition) is 1. The SMILES string of the molecule is CCOc1c(/C(C)=C/C(=O)NCc2ccncc2)cc2c3c(oc2c1C)CCCC3. The Morgan fingerprint density at radius 3 is 2.80 bits per heavy atom. The molecule has 1 aliphatic carbocycles. The van der Waals surface area contributed by atoms with Gasteiger partial charge in [-0.2, -0.15) is 0 Å². The van der Waals surface area contributed by atoms with Gasteiger partial charge in [-0.15, -0.1) is 0 Å². The van der Waals surface area contributed by atoms with Crippen LogP contribution in [0.3, 0.4) is 0 Å². The summed E-state index contributed by atoms with van der Waals surface area (Å²) in [7, 11) is 0. The number of rotatable bonds is 6. The fourth-order valence-corrected chi connectivity index (χ4v) is 4.18. The van der Waals surface area contributed by atoms with Gasteiger partial charge in [0, 0.05) is 53.5 Å². The minimum absolute atomic E-state index is 0.126. The summed E-state index contributed by atoms with van der Waals surface area (Å²) >= 11 is 0. The second kappa shape index (κ2) is 8.74. The molecule has 0 bridgehead atoms. The van der Waals surface area contributed by atoms with Crippen molar-refractivity contribution >= 4 is 22.4 Å². The normalized spacial score (nSPS) is 13.9. The Labute approximate surface area is 177 Å². The van der Waals surface area contributed by atoms with Gasteiger partial charge in [0.2, 0.25) is 5.91 Å². The summed E-state index contributed by atoms with van der Waals surface area (Å²) in [6.07, 6.45) is 9.50. The molecule has 5 nitrogen and oxygen atoms in total. The average Bonchev–Trinajstić information content (AvgIpc) is 3.14. The lowest BCUT2D eigenvalue weighted by Gasteiger charge is -2.15. The zero-order chi connectivity index (χ0) is 21.1. The summed E-state index contributed by atoms with van der Waals surface area (Å²) in [6.45, 7) is 7.00. The van der Waals surface area contributed by atoms with Gasteiger partial charge in [-0.1, -0.05) is 0 Å². The van der Waals surface area contributed by atoms with E-state index >= 15 is 0 Å². The minimum Gasteiger partial charge on any atom is -0.493 e. The maximum Gasteiger partial charge on any atom is 0.244 e. The molecular formula is C25H28N2O3. The van der Waals surface area contributed by atoms with Crippen molar-refractivity contribution in [2.45, 2.75) is 53.0 Å². The van der Waals surface area contributed by atoms with E-state index in [1.165, 1.54) is 18.4 Å². The molecule has 3 aromatic rings. The Morgan fingerprint density at radius 1 is 1.27 bits per heavy atom. The van der Waals surface area contributed by atoms with E-state index in [1.807, 2.05) is 32.9 Å². The fraction of sp³-hybridized carbons (Fsp3) is 0.360. The van der Waals surface area contributed by atoms with Gasteiger partial charge in [0.25, 0.3) is 0 Å². The van der Waals surface area contributed by atoms with E-state index in [0.717, 1.165) is 57.6 Å². The van der Waals surface area contributed by atoms with Gasteiger partial charge in [-0.3, -0.25) is 9.78 Å². The van der Waals surface area contributed by atoms with Gasteiger partial charge in [0.15, 0.2) is 0 Å². The molecule has 1 aliphatic rings. The first-order valence-electron chi connectivity index (χ1n) is 10.6. The van der Waals surface area contributed by atoms with Crippen molar-refractivity contribution in [2.75, 3.05) is 6.61 Å². The predicted molar refractivity (Wildman–Crippen MR) is 118 cm³/mol. The van der Waals surface area contributed by atoms with Crippen LogP contribution in [0.4, 0.5) is 0 Å². The Kier molecular flexibility index (Phi) is 5.88. The molecule has 0 unspecified atom stereocenters. The number of carbonyl (C=O) groups excluding carboxylic acids is 1. The number of furan rings is 1. The number of nitrogens with zero attached hydrogens (tertiary/aromatic N) is 1. The van der Waals surface area contributed by atoms with Crippen molar-refractivity contribution in [3.8, 4) is 5.75 Å². The Balaban J connectivity index is 1.68. The van der Waals surface area contributed by atoms with Crippen LogP contribution in [0.2, 0.25) is 0 Å². The largest absolute Gasteiger partial charge is 0.493 e. The van der Waals surface area contributed by atoms with Crippen LogP contribution in [-0.2, 0) is 24.2 Å². The Hall–Kier alpha value is -3.08. The molecule has 0 atom stereocenters. The molecule has 0 radical (unpaired) electrons. The van der Waals surface area contributed by atoms with Gasteiger partial charge < -0.3 is 14.5 Å². The third-order valence-electron chi connectivity index (χ3n) is 5.70. The summed E-state index contributed by atoms with van der Waals surface area (Å²) in [5.41, 5.74) is 6.09. The van der Waals surface area contributed by atoms with E-state index in [-0.39, 0.29) is 5.91 Å². The molecule has 0 saturated carbocycles. The molecular weight excluding hydrogens is 376 g/mol. The second-order valence-electron chi connectivity index (χ2n) is 7.80. The summed E-state index contributed by atoms with van der Waals surface area (Å²) in [6, 6.07) is 5.93. The van der Waals surface area contributed by atoms with E-state index < -0.39 is 0 Å². The molecule has 1 aromatic carbocycles. The zero-order valence-electron chi connectivity index (χ0n) is 17.9. The van der Waals surface area contributed by atoms with Crippen molar-refractivity contribution in [3.05, 3.63) is 64.7 Å². The van der Waals surface area contributed by atoms with Crippen molar-refractivity contribution in [2.24, 2.45) is 0 Å². The molecule has 30 heavy (non-hydrogen) atoms. The highest BCUT2D eigenvalue weighted by atomic mass is 16.5. The fourth-order valence-electron chi connectivity index (χ4n) is 4.18. The highest BCUT2D eigenvalue weighted by Gasteiger charge is 2.23. The lowest BCUT2D eigenvalue weighted by molar-refractivity contribution is -0.116. The third-order valence-corrected chi connectivity index (χ3v) is 5.70. The monoisotopic (exact) mass is 404 g/mol. The number of aromatic nitrogens is 1. The van der Waals surface area contributed by atoms with Gasteiger partial charge in [-0.05, 0) is 69.4 Å². The van der Waals surface area contributed by atoms with Crippen LogP contribution in [0.15, 0.2) is 41.1 Å². The van der Waals surface area contributed by atoms with Crippen LogP contribution < -0.4 is 10.1 Å². The number of nitrogens with one attached hydrogen (secondary N) is 1. The number of aryl methyl sites for hydroxylation is 3. The molecule has 156 valence electrons. The molecule has 0 fully saturated rings. The lowest BCUT2D eigenvalue weighted by Crippen LogP contribution is -2.20. The maximum absolute atomic E-state index is 12.5. The van der Waals surface area contributed by atoms with E-state index in [9.17, 15) is 4.79 Å². The standard InChI is InChI=1S/C25H28N2O3/c1-4-29-24-17(3)25-21(19-7-5-6-8-22(19)30-25)14-20(24)16(2)13-23(28)27-15-18-9-11-26-12-10-18/h9-14H,4-8,15H2,1-3H3,(H,27,28)/b16-13+. The van der Waals surface area contributed by atoms with Crippen LogP contribution >= 0.6 is 0 Å². The quantitative estimate of drug-likeness (QED) is 0.578. The van der Waals surface area contributed by atoms with Gasteiger partial charge in [0.1, 0.15) is 17.1 Å². The Morgan fingerprint density at radius 2 is 2.03 bits per heavy atom. The first-order valence-corrected chi connectivity index (χ1v) is 10.6. The Bertz CT molecular complexity index is 1100. The van der Waals surface area contributed by atoms with Gasteiger partial charge >= 0.3 is 0 Å². The smallest absolute Gasteiger partial charge is 0.244 e. The molecule has 2 aromatic heterocycles. The molecule has 0 spiro atoms. The minimum atomic E-state index is -0.126. The van der Waals surface area contributed by atoms with Crippen molar-refractivity contribution in [1.29, 1.82) is 0 Å². The molecule has 2 heterocycles. The molecule has 1 amide bonds. The second-order valence-corrected chi connectivity index (χ2v) is 7.80. The molecule has 4 rings (SSSR count). The number of fused-ring (bicyclic) bond motifs is 3. The molecule has 5 heteroatoms.